The normalized spacial score (nSPS) is 12.2. The highest BCUT2D eigenvalue weighted by Crippen LogP contribution is 2.28. The summed E-state index contributed by atoms with van der Waals surface area (Å²) in [6.45, 7) is 0. The van der Waals surface area contributed by atoms with E-state index in [1.807, 2.05) is 48.5 Å². The molecule has 1 atom stereocenters. The molecule has 4 rings (SSSR count). The summed E-state index contributed by atoms with van der Waals surface area (Å²) in [5.41, 5.74) is 3.33. The number of halogens is 2. The molecule has 1 N–H and O–H groups in total. The first-order valence-corrected chi connectivity index (χ1v) is 8.85. The smallest absolute Gasteiger partial charge is 0.296 e. The Balaban J connectivity index is 1.73. The van der Waals surface area contributed by atoms with Crippen molar-refractivity contribution < 1.29 is 4.42 Å². The largest absolute Gasteiger partial charge is 0.423 e. The monoisotopic (exact) mass is 413 g/mol. The number of pyridine rings is 1. The fraction of sp³-hybridized carbons (Fsp3) is 0.0526. The number of nitrogens with one attached hydrogen (secondary N) is 1. The van der Waals surface area contributed by atoms with Crippen LogP contribution in [0.15, 0.2) is 75.8 Å². The summed E-state index contributed by atoms with van der Waals surface area (Å²) in [5, 5.41) is 3.96. The summed E-state index contributed by atoms with van der Waals surface area (Å²) in [6.07, 6.45) is 1.78. The van der Waals surface area contributed by atoms with Crippen molar-refractivity contribution in [1.82, 2.24) is 9.97 Å². The Kier molecular flexibility index (Phi) is 4.42. The molecule has 0 aliphatic carbocycles. The van der Waals surface area contributed by atoms with Gasteiger partial charge in [0.1, 0.15) is 5.52 Å². The van der Waals surface area contributed by atoms with E-state index in [1.165, 1.54) is 0 Å². The lowest BCUT2D eigenvalue weighted by molar-refractivity contribution is 0.606. The van der Waals surface area contributed by atoms with Gasteiger partial charge in [-0.1, -0.05) is 41.9 Å². The molecule has 0 aliphatic heterocycles. The lowest BCUT2D eigenvalue weighted by Crippen LogP contribution is -2.14. The van der Waals surface area contributed by atoms with E-state index >= 15 is 0 Å². The van der Waals surface area contributed by atoms with E-state index in [4.69, 9.17) is 16.0 Å². The topological polar surface area (TPSA) is 51.0 Å². The Morgan fingerprint density at radius 1 is 1.04 bits per heavy atom. The molecule has 4 nitrogen and oxygen atoms in total. The molecule has 124 valence electrons. The second-order valence-electron chi connectivity index (χ2n) is 5.52. The van der Waals surface area contributed by atoms with Gasteiger partial charge >= 0.3 is 0 Å². The summed E-state index contributed by atoms with van der Waals surface area (Å²) >= 11 is 9.44. The molecule has 0 saturated carbocycles. The van der Waals surface area contributed by atoms with Crippen molar-refractivity contribution in [3.05, 3.63) is 87.6 Å². The van der Waals surface area contributed by atoms with Crippen molar-refractivity contribution in [2.24, 2.45) is 0 Å². The standard InChI is InChI=1S/C19H13BrClN3O/c20-13-6-8-16(22-11-13)18(12-4-2-1-3-5-12)24-19-23-15-9-7-14(21)10-17(15)25-19/h1-11,18H,(H,23,24)/t18-/m1/s1. The van der Waals surface area contributed by atoms with Crippen LogP contribution in [0.2, 0.25) is 5.02 Å². The van der Waals surface area contributed by atoms with E-state index in [1.54, 1.807) is 18.3 Å². The molecule has 0 saturated heterocycles. The van der Waals surface area contributed by atoms with E-state index in [2.05, 4.69) is 31.2 Å². The minimum absolute atomic E-state index is 0.183. The average Bonchev–Trinajstić information content (AvgIpc) is 3.03. The van der Waals surface area contributed by atoms with Gasteiger partial charge in [-0.05, 0) is 45.8 Å². The molecule has 0 amide bonds. The Morgan fingerprint density at radius 2 is 1.88 bits per heavy atom. The highest BCUT2D eigenvalue weighted by Gasteiger charge is 2.18. The van der Waals surface area contributed by atoms with Crippen LogP contribution < -0.4 is 5.32 Å². The molecule has 0 fully saturated rings. The summed E-state index contributed by atoms with van der Waals surface area (Å²) in [5.74, 6) is 0. The molecule has 2 heterocycles. The minimum atomic E-state index is -0.183. The molecule has 4 aromatic rings. The lowest BCUT2D eigenvalue weighted by Gasteiger charge is -2.17. The Morgan fingerprint density at radius 3 is 2.64 bits per heavy atom. The van der Waals surface area contributed by atoms with Crippen LogP contribution in [0.1, 0.15) is 17.3 Å². The van der Waals surface area contributed by atoms with Gasteiger partial charge < -0.3 is 9.73 Å². The van der Waals surface area contributed by atoms with Gasteiger partial charge in [0, 0.05) is 21.8 Å². The van der Waals surface area contributed by atoms with Crippen LogP contribution in [-0.4, -0.2) is 9.97 Å². The van der Waals surface area contributed by atoms with Gasteiger partial charge in [0.2, 0.25) is 0 Å². The average molecular weight is 415 g/mol. The highest BCUT2D eigenvalue weighted by atomic mass is 79.9. The van der Waals surface area contributed by atoms with Gasteiger partial charge in [-0.15, -0.1) is 0 Å². The Labute approximate surface area is 158 Å². The first kappa shape index (κ1) is 16.1. The third-order valence-electron chi connectivity index (χ3n) is 3.80. The lowest BCUT2D eigenvalue weighted by atomic mass is 10.0. The van der Waals surface area contributed by atoms with E-state index < -0.39 is 0 Å². The van der Waals surface area contributed by atoms with Crippen LogP contribution >= 0.6 is 27.5 Å². The minimum Gasteiger partial charge on any atom is -0.423 e. The molecular weight excluding hydrogens is 402 g/mol. The van der Waals surface area contributed by atoms with Gasteiger partial charge in [0.05, 0.1) is 11.7 Å². The molecule has 0 aliphatic rings. The predicted octanol–water partition coefficient (Wildman–Crippen LogP) is 5.84. The van der Waals surface area contributed by atoms with Crippen LogP contribution in [0.25, 0.3) is 11.1 Å². The number of nitrogens with zero attached hydrogens (tertiary/aromatic N) is 2. The molecule has 0 unspecified atom stereocenters. The number of rotatable bonds is 4. The zero-order valence-corrected chi connectivity index (χ0v) is 15.3. The highest BCUT2D eigenvalue weighted by molar-refractivity contribution is 9.10. The molecule has 6 heteroatoms. The number of benzene rings is 2. The molecular formula is C19H13BrClN3O. The third-order valence-corrected chi connectivity index (χ3v) is 4.50. The van der Waals surface area contributed by atoms with Crippen LogP contribution in [0, 0.1) is 0 Å². The van der Waals surface area contributed by atoms with Crippen molar-refractivity contribution in [2.45, 2.75) is 6.04 Å². The number of oxazole rings is 1. The van der Waals surface area contributed by atoms with Crippen LogP contribution in [0.3, 0.4) is 0 Å². The maximum Gasteiger partial charge on any atom is 0.296 e. The molecule has 25 heavy (non-hydrogen) atoms. The number of aromatic nitrogens is 2. The number of hydrogen-bond donors (Lipinski definition) is 1. The van der Waals surface area contributed by atoms with Crippen molar-refractivity contribution >= 4 is 44.6 Å². The maximum atomic E-state index is 6.02. The maximum absolute atomic E-state index is 6.02. The molecule has 0 spiro atoms. The van der Waals surface area contributed by atoms with Gasteiger partial charge in [-0.3, -0.25) is 4.98 Å². The second-order valence-corrected chi connectivity index (χ2v) is 6.87. The SMILES string of the molecule is Clc1ccc2nc(N[C@H](c3ccccc3)c3ccc(Br)cn3)oc2c1. The van der Waals surface area contributed by atoms with Crippen LogP contribution in [0.5, 0.6) is 0 Å². The van der Waals surface area contributed by atoms with Crippen molar-refractivity contribution in [2.75, 3.05) is 5.32 Å². The fourth-order valence-corrected chi connectivity index (χ4v) is 3.01. The quantitative estimate of drug-likeness (QED) is 0.456. The number of anilines is 1. The van der Waals surface area contributed by atoms with E-state index in [-0.39, 0.29) is 6.04 Å². The molecule has 0 bridgehead atoms. The van der Waals surface area contributed by atoms with E-state index in [0.29, 0.717) is 16.6 Å². The summed E-state index contributed by atoms with van der Waals surface area (Å²) < 4.78 is 6.73. The second kappa shape index (κ2) is 6.86. The van der Waals surface area contributed by atoms with Crippen molar-refractivity contribution in [3.8, 4) is 0 Å². The molecule has 2 aromatic carbocycles. The summed E-state index contributed by atoms with van der Waals surface area (Å²) in [4.78, 5) is 9.01. The van der Waals surface area contributed by atoms with E-state index in [0.717, 1.165) is 21.2 Å². The first-order chi connectivity index (χ1) is 12.2. The fourth-order valence-electron chi connectivity index (χ4n) is 2.62. The van der Waals surface area contributed by atoms with Crippen molar-refractivity contribution in [3.63, 3.8) is 0 Å². The number of hydrogen-bond acceptors (Lipinski definition) is 4. The zero-order chi connectivity index (χ0) is 17.2. The number of fused-ring (bicyclic) bond motifs is 1. The van der Waals surface area contributed by atoms with Gasteiger partial charge in [-0.2, -0.15) is 4.98 Å². The van der Waals surface area contributed by atoms with Gasteiger partial charge in [-0.25, -0.2) is 0 Å². The van der Waals surface area contributed by atoms with Gasteiger partial charge in [0.25, 0.3) is 6.01 Å². The van der Waals surface area contributed by atoms with Crippen LogP contribution in [0.4, 0.5) is 6.01 Å². The summed E-state index contributed by atoms with van der Waals surface area (Å²) in [7, 11) is 0. The van der Waals surface area contributed by atoms with Crippen molar-refractivity contribution in [1.29, 1.82) is 0 Å². The van der Waals surface area contributed by atoms with Crippen LogP contribution in [-0.2, 0) is 0 Å². The molecule has 2 aromatic heterocycles. The van der Waals surface area contributed by atoms with Gasteiger partial charge in [0.15, 0.2) is 5.58 Å². The molecule has 0 radical (unpaired) electrons. The van der Waals surface area contributed by atoms with E-state index in [9.17, 15) is 0 Å². The predicted molar refractivity (Wildman–Crippen MR) is 103 cm³/mol. The zero-order valence-electron chi connectivity index (χ0n) is 13.0. The summed E-state index contributed by atoms with van der Waals surface area (Å²) in [6, 6.07) is 19.6. The third kappa shape index (κ3) is 3.52. The Bertz CT molecular complexity index is 1000. The first-order valence-electron chi connectivity index (χ1n) is 7.68. The Hall–Kier alpha value is -2.37.